The number of amidine groups is 1. The molecular weight excluding hydrogens is 237 g/mol. The second-order valence-electron chi connectivity index (χ2n) is 3.09. The lowest BCUT2D eigenvalue weighted by atomic mass is 10.1. The number of rotatable bonds is 1. The molecule has 1 atom stereocenters. The van der Waals surface area contributed by atoms with Crippen molar-refractivity contribution >= 4 is 35.1 Å². The Bertz CT molecular complexity index is 459. The van der Waals surface area contributed by atoms with E-state index in [4.69, 9.17) is 28.9 Å². The van der Waals surface area contributed by atoms with Gasteiger partial charge in [-0.15, -0.1) is 0 Å². The topological polar surface area (TPSA) is 67.5 Å². The Morgan fingerprint density at radius 2 is 2.13 bits per heavy atom. The summed E-state index contributed by atoms with van der Waals surface area (Å²) < 4.78 is 0. The van der Waals surface area contributed by atoms with E-state index in [0.29, 0.717) is 15.6 Å². The monoisotopic (exact) mass is 243 g/mol. The van der Waals surface area contributed by atoms with E-state index in [2.05, 4.69) is 10.3 Å². The summed E-state index contributed by atoms with van der Waals surface area (Å²) in [5.41, 5.74) is 6.23. The zero-order valence-electron chi connectivity index (χ0n) is 7.50. The van der Waals surface area contributed by atoms with Gasteiger partial charge in [0.25, 0.3) is 0 Å². The highest BCUT2D eigenvalue weighted by Gasteiger charge is 2.26. The number of nitrogens with two attached hydrogens (primary N) is 1. The predicted molar refractivity (Wildman–Crippen MR) is 59.4 cm³/mol. The zero-order valence-corrected chi connectivity index (χ0v) is 9.01. The lowest BCUT2D eigenvalue weighted by Crippen LogP contribution is -2.28. The molecule has 78 valence electrons. The molecule has 1 unspecified atom stereocenters. The first-order valence-electron chi connectivity index (χ1n) is 4.17. The number of hydrogen-bond donors (Lipinski definition) is 2. The van der Waals surface area contributed by atoms with Crippen LogP contribution in [0.15, 0.2) is 23.2 Å². The normalized spacial score (nSPS) is 20.0. The third kappa shape index (κ3) is 1.91. The zero-order chi connectivity index (χ0) is 11.0. The van der Waals surface area contributed by atoms with Crippen molar-refractivity contribution in [2.24, 2.45) is 10.7 Å². The predicted octanol–water partition coefficient (Wildman–Crippen LogP) is 2.11. The Kier molecular flexibility index (Phi) is 2.54. The Balaban J connectivity index is 2.42. The van der Waals surface area contributed by atoms with Crippen molar-refractivity contribution in [1.82, 2.24) is 5.32 Å². The van der Waals surface area contributed by atoms with Gasteiger partial charge in [-0.3, -0.25) is 0 Å². The van der Waals surface area contributed by atoms with Crippen molar-refractivity contribution in [3.8, 4) is 0 Å². The Morgan fingerprint density at radius 3 is 2.73 bits per heavy atom. The van der Waals surface area contributed by atoms with Crippen LogP contribution in [0.25, 0.3) is 0 Å². The fourth-order valence-electron chi connectivity index (χ4n) is 1.38. The molecule has 0 fully saturated rings. The standard InChI is InChI=1S/C9H7Cl2N3O/c10-4-1-2-6(11)5(3-4)7-8(12)14-9(15)13-7/h1-3,7H,(H3,12,13,14,15). The molecule has 3 N–H and O–H groups in total. The summed E-state index contributed by atoms with van der Waals surface area (Å²) in [5, 5.41) is 3.60. The van der Waals surface area contributed by atoms with Gasteiger partial charge in [0.15, 0.2) is 0 Å². The van der Waals surface area contributed by atoms with Gasteiger partial charge >= 0.3 is 6.03 Å². The first-order valence-corrected chi connectivity index (χ1v) is 4.93. The molecule has 0 spiro atoms. The van der Waals surface area contributed by atoms with Crippen LogP contribution in [-0.2, 0) is 0 Å². The third-order valence-electron chi connectivity index (χ3n) is 2.06. The Hall–Kier alpha value is -1.26. The van der Waals surface area contributed by atoms with Gasteiger partial charge in [0.05, 0.1) is 0 Å². The van der Waals surface area contributed by atoms with Crippen LogP contribution in [0.3, 0.4) is 0 Å². The molecule has 0 saturated heterocycles. The highest BCUT2D eigenvalue weighted by Crippen LogP contribution is 2.28. The van der Waals surface area contributed by atoms with Crippen LogP contribution in [0.2, 0.25) is 10.0 Å². The van der Waals surface area contributed by atoms with Gasteiger partial charge in [-0.2, -0.15) is 4.99 Å². The fraction of sp³-hybridized carbons (Fsp3) is 0.111. The van der Waals surface area contributed by atoms with E-state index in [1.807, 2.05) is 0 Å². The SMILES string of the molecule is NC1=NC(=O)NC1c1cc(Cl)ccc1Cl. The lowest BCUT2D eigenvalue weighted by molar-refractivity contribution is 0.250. The van der Waals surface area contributed by atoms with Gasteiger partial charge < -0.3 is 11.1 Å². The maximum Gasteiger partial charge on any atom is 0.343 e. The summed E-state index contributed by atoms with van der Waals surface area (Å²) in [5.74, 6) is 0.198. The highest BCUT2D eigenvalue weighted by atomic mass is 35.5. The molecule has 0 saturated carbocycles. The van der Waals surface area contributed by atoms with Crippen molar-refractivity contribution in [1.29, 1.82) is 0 Å². The lowest BCUT2D eigenvalue weighted by Gasteiger charge is -2.12. The number of hydrogen-bond acceptors (Lipinski definition) is 2. The van der Waals surface area contributed by atoms with Crippen LogP contribution in [0.1, 0.15) is 11.6 Å². The van der Waals surface area contributed by atoms with Crippen LogP contribution >= 0.6 is 23.2 Å². The molecule has 6 heteroatoms. The average Bonchev–Trinajstić information content (AvgIpc) is 2.50. The van der Waals surface area contributed by atoms with Crippen molar-refractivity contribution in [2.45, 2.75) is 6.04 Å². The molecule has 2 amide bonds. The molecule has 1 heterocycles. The first-order chi connectivity index (χ1) is 7.08. The smallest absolute Gasteiger partial charge is 0.343 e. The molecule has 2 rings (SSSR count). The van der Waals surface area contributed by atoms with Crippen LogP contribution < -0.4 is 11.1 Å². The van der Waals surface area contributed by atoms with E-state index in [9.17, 15) is 4.79 Å². The van der Waals surface area contributed by atoms with E-state index >= 15 is 0 Å². The van der Waals surface area contributed by atoms with Crippen molar-refractivity contribution in [3.63, 3.8) is 0 Å². The molecule has 1 aromatic rings. The number of halogens is 2. The van der Waals surface area contributed by atoms with E-state index in [1.165, 1.54) is 0 Å². The number of nitrogens with one attached hydrogen (secondary N) is 1. The first kappa shape index (κ1) is 10.3. The number of urea groups is 1. The number of amides is 2. The second-order valence-corrected chi connectivity index (χ2v) is 3.93. The summed E-state index contributed by atoms with van der Waals surface area (Å²) in [6, 6.07) is 4.02. The summed E-state index contributed by atoms with van der Waals surface area (Å²) >= 11 is 11.8. The van der Waals surface area contributed by atoms with Crippen LogP contribution in [0.5, 0.6) is 0 Å². The van der Waals surface area contributed by atoms with E-state index < -0.39 is 12.1 Å². The molecule has 0 bridgehead atoms. The van der Waals surface area contributed by atoms with Gasteiger partial charge in [-0.1, -0.05) is 23.2 Å². The van der Waals surface area contributed by atoms with Gasteiger partial charge in [-0.05, 0) is 18.2 Å². The van der Waals surface area contributed by atoms with Crippen LogP contribution in [0, 0.1) is 0 Å². The van der Waals surface area contributed by atoms with E-state index in [1.54, 1.807) is 18.2 Å². The fourth-order valence-corrected chi connectivity index (χ4v) is 1.79. The van der Waals surface area contributed by atoms with E-state index in [0.717, 1.165) is 0 Å². The van der Waals surface area contributed by atoms with Crippen molar-refractivity contribution in [2.75, 3.05) is 0 Å². The number of carbonyl (C=O) groups is 1. The van der Waals surface area contributed by atoms with Gasteiger partial charge in [0, 0.05) is 15.6 Å². The number of benzene rings is 1. The molecule has 0 radical (unpaired) electrons. The summed E-state index contributed by atoms with van der Waals surface area (Å²) in [4.78, 5) is 14.5. The van der Waals surface area contributed by atoms with Crippen molar-refractivity contribution < 1.29 is 4.79 Å². The minimum absolute atomic E-state index is 0.198. The van der Waals surface area contributed by atoms with Crippen LogP contribution in [-0.4, -0.2) is 11.9 Å². The molecule has 0 aromatic heterocycles. The molecule has 4 nitrogen and oxygen atoms in total. The van der Waals surface area contributed by atoms with Gasteiger partial charge in [0.2, 0.25) is 0 Å². The number of aliphatic imine (C=N–C) groups is 1. The molecule has 0 aliphatic carbocycles. The minimum atomic E-state index is -0.483. The molecule has 1 aliphatic heterocycles. The Morgan fingerprint density at radius 1 is 1.40 bits per heavy atom. The summed E-state index contributed by atoms with van der Waals surface area (Å²) in [6.07, 6.45) is 0. The highest BCUT2D eigenvalue weighted by molar-refractivity contribution is 6.34. The molecule has 15 heavy (non-hydrogen) atoms. The molecule has 1 aromatic carbocycles. The van der Waals surface area contributed by atoms with Crippen molar-refractivity contribution in [3.05, 3.63) is 33.8 Å². The largest absolute Gasteiger partial charge is 0.385 e. The second kappa shape index (κ2) is 3.72. The summed E-state index contributed by atoms with van der Waals surface area (Å²) in [6.45, 7) is 0. The summed E-state index contributed by atoms with van der Waals surface area (Å²) in [7, 11) is 0. The Labute approximate surface area is 96.1 Å². The van der Waals surface area contributed by atoms with Gasteiger partial charge in [0.1, 0.15) is 11.9 Å². The average molecular weight is 244 g/mol. The third-order valence-corrected chi connectivity index (χ3v) is 2.64. The number of nitrogens with zero attached hydrogens (tertiary/aromatic N) is 1. The quantitative estimate of drug-likeness (QED) is 0.794. The van der Waals surface area contributed by atoms with Crippen LogP contribution in [0.4, 0.5) is 4.79 Å². The minimum Gasteiger partial charge on any atom is -0.385 e. The van der Waals surface area contributed by atoms with E-state index in [-0.39, 0.29) is 5.84 Å². The maximum absolute atomic E-state index is 11.0. The number of carbonyl (C=O) groups excluding carboxylic acids is 1. The molecular formula is C9H7Cl2N3O. The maximum atomic E-state index is 11.0. The van der Waals surface area contributed by atoms with Gasteiger partial charge in [-0.25, -0.2) is 4.79 Å². The molecule has 1 aliphatic rings.